The first-order valence-electron chi connectivity index (χ1n) is 5.28. The minimum atomic E-state index is -0.228. The summed E-state index contributed by atoms with van der Waals surface area (Å²) in [5.41, 5.74) is 7.61. The number of pyridine rings is 1. The first-order chi connectivity index (χ1) is 8.17. The van der Waals surface area contributed by atoms with E-state index < -0.39 is 0 Å². The Kier molecular flexibility index (Phi) is 3.76. The van der Waals surface area contributed by atoms with E-state index in [-0.39, 0.29) is 5.82 Å². The predicted octanol–water partition coefficient (Wildman–Crippen LogP) is 3.14. The Hall–Kier alpha value is -1.39. The topological polar surface area (TPSA) is 38.9 Å². The number of aromatic nitrogens is 1. The molecule has 0 atom stereocenters. The van der Waals surface area contributed by atoms with E-state index >= 15 is 0 Å². The van der Waals surface area contributed by atoms with Crippen LogP contribution in [-0.2, 0) is 6.54 Å². The van der Waals surface area contributed by atoms with Crippen molar-refractivity contribution in [2.75, 3.05) is 0 Å². The van der Waals surface area contributed by atoms with Crippen LogP contribution in [0, 0.1) is 12.7 Å². The van der Waals surface area contributed by atoms with E-state index in [0.29, 0.717) is 6.54 Å². The van der Waals surface area contributed by atoms with Crippen molar-refractivity contribution in [1.29, 1.82) is 0 Å². The lowest BCUT2D eigenvalue weighted by molar-refractivity contribution is 0.626. The molecule has 2 aromatic rings. The number of benzene rings is 1. The van der Waals surface area contributed by atoms with Crippen molar-refractivity contribution >= 4 is 11.8 Å². The van der Waals surface area contributed by atoms with Crippen LogP contribution in [0.1, 0.15) is 11.3 Å². The number of aryl methyl sites for hydroxylation is 1. The molecule has 0 aliphatic heterocycles. The molecule has 88 valence electrons. The fourth-order valence-corrected chi connectivity index (χ4v) is 2.41. The van der Waals surface area contributed by atoms with Crippen LogP contribution in [0.2, 0.25) is 0 Å². The first-order valence-corrected chi connectivity index (χ1v) is 6.10. The maximum atomic E-state index is 12.8. The molecule has 2 rings (SSSR count). The summed E-state index contributed by atoms with van der Waals surface area (Å²) in [5.74, 6) is -0.228. The Labute approximate surface area is 104 Å². The van der Waals surface area contributed by atoms with Gasteiger partial charge in [-0.3, -0.25) is 0 Å². The zero-order chi connectivity index (χ0) is 12.3. The van der Waals surface area contributed by atoms with Crippen LogP contribution in [0.25, 0.3) is 0 Å². The van der Waals surface area contributed by atoms with Gasteiger partial charge < -0.3 is 5.73 Å². The monoisotopic (exact) mass is 248 g/mol. The van der Waals surface area contributed by atoms with Crippen molar-refractivity contribution in [1.82, 2.24) is 4.98 Å². The quantitative estimate of drug-likeness (QED) is 0.907. The molecule has 0 aliphatic carbocycles. The largest absolute Gasteiger partial charge is 0.326 e. The van der Waals surface area contributed by atoms with E-state index in [0.717, 1.165) is 21.2 Å². The van der Waals surface area contributed by atoms with Gasteiger partial charge in [0.05, 0.1) is 0 Å². The minimum Gasteiger partial charge on any atom is -0.326 e. The van der Waals surface area contributed by atoms with Crippen molar-refractivity contribution in [3.8, 4) is 0 Å². The van der Waals surface area contributed by atoms with Crippen LogP contribution in [0.5, 0.6) is 0 Å². The minimum absolute atomic E-state index is 0.228. The molecule has 0 spiro atoms. The third-order valence-electron chi connectivity index (χ3n) is 2.26. The standard InChI is InChI=1S/C13H13FN2S/c1-9-6-10(8-15)7-13(16-9)17-12-4-2-11(14)3-5-12/h2-7H,8,15H2,1H3. The van der Waals surface area contributed by atoms with E-state index in [1.807, 2.05) is 19.1 Å². The van der Waals surface area contributed by atoms with Gasteiger partial charge in [0.1, 0.15) is 10.8 Å². The molecule has 1 heterocycles. The van der Waals surface area contributed by atoms with E-state index in [1.165, 1.54) is 23.9 Å². The molecule has 1 aromatic heterocycles. The van der Waals surface area contributed by atoms with Crippen LogP contribution >= 0.6 is 11.8 Å². The van der Waals surface area contributed by atoms with Crippen molar-refractivity contribution in [2.24, 2.45) is 5.73 Å². The second kappa shape index (κ2) is 5.29. The lowest BCUT2D eigenvalue weighted by Crippen LogP contribution is -1.98. The number of hydrogen-bond acceptors (Lipinski definition) is 3. The molecule has 0 radical (unpaired) electrons. The number of halogens is 1. The van der Waals surface area contributed by atoms with E-state index in [4.69, 9.17) is 5.73 Å². The van der Waals surface area contributed by atoms with E-state index in [2.05, 4.69) is 4.98 Å². The molecule has 0 amide bonds. The molecule has 0 bridgehead atoms. The zero-order valence-corrected chi connectivity index (χ0v) is 10.3. The summed E-state index contributed by atoms with van der Waals surface area (Å²) in [6, 6.07) is 10.3. The fraction of sp³-hybridized carbons (Fsp3) is 0.154. The van der Waals surface area contributed by atoms with Gasteiger partial charge >= 0.3 is 0 Å². The Bertz CT molecular complexity index is 511. The fourth-order valence-electron chi connectivity index (χ4n) is 1.50. The summed E-state index contributed by atoms with van der Waals surface area (Å²) in [5, 5.41) is 0.886. The second-order valence-corrected chi connectivity index (χ2v) is 4.81. The summed E-state index contributed by atoms with van der Waals surface area (Å²) in [6.07, 6.45) is 0. The highest BCUT2D eigenvalue weighted by Crippen LogP contribution is 2.27. The average molecular weight is 248 g/mol. The molecule has 17 heavy (non-hydrogen) atoms. The molecule has 0 saturated carbocycles. The summed E-state index contributed by atoms with van der Waals surface area (Å²) in [4.78, 5) is 5.38. The van der Waals surface area contributed by atoms with E-state index in [1.54, 1.807) is 12.1 Å². The molecule has 0 unspecified atom stereocenters. The van der Waals surface area contributed by atoms with Gasteiger partial charge in [-0.05, 0) is 48.9 Å². The molecule has 0 aliphatic rings. The highest BCUT2D eigenvalue weighted by Gasteiger charge is 2.02. The van der Waals surface area contributed by atoms with E-state index in [9.17, 15) is 4.39 Å². The number of rotatable bonds is 3. The molecule has 0 saturated heterocycles. The number of nitrogens with zero attached hydrogens (tertiary/aromatic N) is 1. The molecule has 4 heteroatoms. The number of hydrogen-bond donors (Lipinski definition) is 1. The molecule has 0 fully saturated rings. The first kappa shape index (κ1) is 12.1. The van der Waals surface area contributed by atoms with Crippen molar-refractivity contribution in [2.45, 2.75) is 23.4 Å². The summed E-state index contributed by atoms with van der Waals surface area (Å²) in [6.45, 7) is 2.44. The molecular weight excluding hydrogens is 235 g/mol. The average Bonchev–Trinajstić information content (AvgIpc) is 2.31. The SMILES string of the molecule is Cc1cc(CN)cc(Sc2ccc(F)cc2)n1. The predicted molar refractivity (Wildman–Crippen MR) is 67.4 cm³/mol. The molecule has 1 aromatic carbocycles. The van der Waals surface area contributed by atoms with Gasteiger partial charge in [-0.25, -0.2) is 9.37 Å². The second-order valence-electron chi connectivity index (χ2n) is 3.72. The maximum Gasteiger partial charge on any atom is 0.123 e. The Balaban J connectivity index is 2.23. The van der Waals surface area contributed by atoms with Crippen LogP contribution in [0.4, 0.5) is 4.39 Å². The van der Waals surface area contributed by atoms with Gasteiger partial charge in [0, 0.05) is 17.1 Å². The van der Waals surface area contributed by atoms with Gasteiger partial charge in [-0.15, -0.1) is 0 Å². The zero-order valence-electron chi connectivity index (χ0n) is 9.48. The van der Waals surface area contributed by atoms with Gasteiger partial charge in [0.2, 0.25) is 0 Å². The van der Waals surface area contributed by atoms with Crippen molar-refractivity contribution < 1.29 is 4.39 Å². The third kappa shape index (κ3) is 3.28. The smallest absolute Gasteiger partial charge is 0.123 e. The van der Waals surface area contributed by atoms with Gasteiger partial charge in [-0.2, -0.15) is 0 Å². The molecular formula is C13H13FN2S. The lowest BCUT2D eigenvalue weighted by Gasteiger charge is -2.05. The Morgan fingerprint density at radius 1 is 1.24 bits per heavy atom. The van der Waals surface area contributed by atoms with Crippen LogP contribution < -0.4 is 5.73 Å². The Morgan fingerprint density at radius 2 is 1.94 bits per heavy atom. The molecule has 2 nitrogen and oxygen atoms in total. The van der Waals surface area contributed by atoms with Crippen LogP contribution in [-0.4, -0.2) is 4.98 Å². The van der Waals surface area contributed by atoms with Gasteiger partial charge in [-0.1, -0.05) is 11.8 Å². The van der Waals surface area contributed by atoms with Gasteiger partial charge in [0.25, 0.3) is 0 Å². The summed E-state index contributed by atoms with van der Waals surface area (Å²) in [7, 11) is 0. The van der Waals surface area contributed by atoms with Crippen LogP contribution in [0.3, 0.4) is 0 Å². The summed E-state index contributed by atoms with van der Waals surface area (Å²) >= 11 is 1.51. The third-order valence-corrected chi connectivity index (χ3v) is 3.19. The number of nitrogens with two attached hydrogens (primary N) is 1. The Morgan fingerprint density at radius 3 is 2.59 bits per heavy atom. The van der Waals surface area contributed by atoms with Crippen LogP contribution in [0.15, 0.2) is 46.3 Å². The molecule has 2 N–H and O–H groups in total. The highest BCUT2D eigenvalue weighted by atomic mass is 32.2. The normalized spacial score (nSPS) is 10.5. The van der Waals surface area contributed by atoms with Gasteiger partial charge in [0.15, 0.2) is 0 Å². The maximum absolute atomic E-state index is 12.8. The van der Waals surface area contributed by atoms with Crippen molar-refractivity contribution in [3.63, 3.8) is 0 Å². The summed E-state index contributed by atoms with van der Waals surface area (Å²) < 4.78 is 12.8. The lowest BCUT2D eigenvalue weighted by atomic mass is 10.2. The van der Waals surface area contributed by atoms with Crippen molar-refractivity contribution in [3.05, 3.63) is 53.5 Å². The highest BCUT2D eigenvalue weighted by molar-refractivity contribution is 7.99.